The molecule has 0 amide bonds. The van der Waals surface area contributed by atoms with Gasteiger partial charge in [0.2, 0.25) is 0 Å². The van der Waals surface area contributed by atoms with Crippen LogP contribution in [0, 0.1) is 37.0 Å². The first-order valence-corrected chi connectivity index (χ1v) is 38.0. The van der Waals surface area contributed by atoms with E-state index in [0.29, 0.717) is 0 Å². The van der Waals surface area contributed by atoms with Crippen molar-refractivity contribution in [3.8, 4) is 0 Å². The quantitative estimate of drug-likeness (QED) is 0.0381. The molecule has 5 aliphatic heterocycles. The summed E-state index contributed by atoms with van der Waals surface area (Å²) in [4.78, 5) is 0. The van der Waals surface area contributed by atoms with E-state index in [4.69, 9.17) is 46.5 Å². The Hall–Kier alpha value is -0.412. The van der Waals surface area contributed by atoms with Crippen molar-refractivity contribution in [1.82, 2.24) is 0 Å². The van der Waals surface area contributed by atoms with Crippen LogP contribution in [-0.4, -0.2) is 92.0 Å². The van der Waals surface area contributed by atoms with Crippen LogP contribution in [0.2, 0.25) is 12.6 Å². The maximum absolute atomic E-state index is 5.97. The fourth-order valence-electron chi connectivity index (χ4n) is 11.0. The van der Waals surface area contributed by atoms with Crippen molar-refractivity contribution in [1.29, 1.82) is 0 Å². The third kappa shape index (κ3) is 38.6. The van der Waals surface area contributed by atoms with Crippen LogP contribution in [0.4, 0.5) is 0 Å². The molecule has 6 aliphatic rings. The fraction of sp³-hybridized carbons (Fsp3) is 0.911. The summed E-state index contributed by atoms with van der Waals surface area (Å²) in [7, 11) is 0.476. The second kappa shape index (κ2) is 50.9. The third-order valence-corrected chi connectivity index (χ3v) is 22.2. The van der Waals surface area contributed by atoms with Gasteiger partial charge in [0.25, 0.3) is 0 Å². The Kier molecular flexibility index (Phi) is 55.3. The Morgan fingerprint density at radius 3 is 0.600 bits per heavy atom. The summed E-state index contributed by atoms with van der Waals surface area (Å²) in [6.07, 6.45) is 35.0. The van der Waals surface area contributed by atoms with Gasteiger partial charge in [-0.2, -0.15) is 0 Å². The van der Waals surface area contributed by atoms with Gasteiger partial charge in [-0.05, 0) is 181 Å². The van der Waals surface area contributed by atoms with Crippen molar-refractivity contribution in [3.05, 3.63) is 45.2 Å². The van der Waals surface area contributed by atoms with Crippen LogP contribution in [0.25, 0.3) is 0 Å². The summed E-state index contributed by atoms with van der Waals surface area (Å²) < 4.78 is 58.1. The van der Waals surface area contributed by atoms with Gasteiger partial charge in [0.1, 0.15) is 0 Å². The number of unbranched alkanes of at least 4 members (excludes halogenated alkanes) is 20. The molecule has 16 heteroatoms. The normalized spacial score (nSPS) is 24.4. The van der Waals surface area contributed by atoms with Crippen LogP contribution in [0.1, 0.15) is 374 Å². The third-order valence-electron chi connectivity index (χ3n) is 22.2. The second-order valence-corrected chi connectivity index (χ2v) is 32.7. The first kappa shape index (κ1) is 103. The van der Waals surface area contributed by atoms with Gasteiger partial charge in [0.05, 0.1) is 56.0 Å². The van der Waals surface area contributed by atoms with Gasteiger partial charge in [-0.25, -0.2) is 0 Å². The molecule has 0 atom stereocenters. The molecule has 2 radical (unpaired) electrons. The Bertz CT molecular complexity index is 1730. The standard InChI is InChI=1S/2C14H29BO2.C12H24B2O4.C10H20.2C8H18.C6H12BO2.2C3H4.CH3.Rh.3H2/c2*1-6-7-8-9-10-11-12-15-16-13(2,3)14(4,5)17-15;1-9(2)10(3,4)16-13(15-9)14-17-11(5,6)12(7,8)18-14;1-6-7(2)9(4)10(5)8(6)3;2*1-3-5-7-8-6-4-2;1-5(2)6(3,4)9-7-8-5;2*1-3-2;;;;;/h2*6-12H2,1-5H3;1-8H3;6-10H,1-5H3;2*3-8H2,1-2H3;1-4H3;2*1-2H2;1H3;;3*1H/q;;;;;;;;;-1;;;;/p+1/i;;;;;;;;;;;2*1+1;. The molecule has 6 fully saturated rings. The van der Waals surface area contributed by atoms with Crippen LogP contribution < -0.4 is 0 Å². The first-order valence-electron chi connectivity index (χ1n) is 38.0. The van der Waals surface area contributed by atoms with Crippen molar-refractivity contribution < 1.29 is 71.7 Å². The predicted molar refractivity (Wildman–Crippen MR) is 424 cm³/mol. The molecule has 95 heavy (non-hydrogen) atoms. The van der Waals surface area contributed by atoms with E-state index >= 15 is 0 Å². The van der Waals surface area contributed by atoms with Gasteiger partial charge < -0.3 is 54.0 Å². The van der Waals surface area contributed by atoms with Gasteiger partial charge >= 0.3 is 37.4 Å². The smallest absolute Gasteiger partial charge is 0.405 e. The molecule has 1 aliphatic carbocycles. The number of hydrogen-bond donors (Lipinski definition) is 0. The van der Waals surface area contributed by atoms with E-state index in [2.05, 4.69) is 169 Å². The van der Waals surface area contributed by atoms with Crippen molar-refractivity contribution in [2.24, 2.45) is 29.6 Å². The second-order valence-electron chi connectivity index (χ2n) is 32.7. The van der Waals surface area contributed by atoms with Crippen molar-refractivity contribution in [2.45, 2.75) is 437 Å². The van der Waals surface area contributed by atoms with E-state index in [1.807, 2.05) is 83.1 Å². The molecule has 0 bridgehead atoms. The Balaban J connectivity index is -0.000000136. The monoisotopic (exact) mass is 1440 g/mol. The zero-order valence-electron chi connectivity index (χ0n) is 70.4. The van der Waals surface area contributed by atoms with Crippen LogP contribution >= 0.6 is 0 Å². The average Bonchev–Trinajstić information content (AvgIpc) is 1.60. The summed E-state index contributed by atoms with van der Waals surface area (Å²) >= 11 is 0. The number of rotatable bonds is 25. The fourth-order valence-corrected chi connectivity index (χ4v) is 11.0. The van der Waals surface area contributed by atoms with E-state index in [1.54, 1.807) is 0 Å². The zero-order chi connectivity index (χ0) is 72.8. The van der Waals surface area contributed by atoms with Crippen LogP contribution in [0.3, 0.4) is 0 Å². The molecule has 6 rings (SSSR count). The van der Waals surface area contributed by atoms with E-state index in [1.165, 1.54) is 162 Å². The summed E-state index contributed by atoms with van der Waals surface area (Å²) in [6, 6.07) is 0. The minimum Gasteiger partial charge on any atom is -0.405 e. The summed E-state index contributed by atoms with van der Waals surface area (Å²) in [5, 5.41) is 0. The molecular weight excluding hydrogens is 1270 g/mol. The van der Waals surface area contributed by atoms with E-state index < -0.39 is 14.0 Å². The van der Waals surface area contributed by atoms with Crippen molar-refractivity contribution >= 4 is 35.9 Å². The zero-order valence-corrected chi connectivity index (χ0v) is 71.0. The van der Waals surface area contributed by atoms with Crippen LogP contribution in [0.5, 0.6) is 0 Å². The molecule has 0 aromatic rings. The molecule has 0 unspecified atom stereocenters. The minimum absolute atomic E-state index is 0. The molecule has 5 saturated heterocycles. The predicted octanol–water partition coefficient (Wildman–Crippen LogP) is 25.4. The number of hydrogen-bond acceptors (Lipinski definition) is 10. The molecule has 5 heterocycles. The average molecular weight is 1440 g/mol. The Morgan fingerprint density at radius 1 is 0.305 bits per heavy atom. The molecule has 1 saturated carbocycles. The molecule has 0 aromatic carbocycles. The first-order chi connectivity index (χ1) is 42.8. The van der Waals surface area contributed by atoms with Crippen molar-refractivity contribution in [3.63, 3.8) is 0 Å². The van der Waals surface area contributed by atoms with E-state index in [0.717, 1.165) is 42.2 Å². The van der Waals surface area contributed by atoms with Gasteiger partial charge in [0, 0.05) is 23.8 Å². The van der Waals surface area contributed by atoms with Gasteiger partial charge in [-0.3, -0.25) is 0 Å². The Labute approximate surface area is 616 Å². The SMILES string of the molecule is C=C=C.C=C=C.CC1(C)OB(B2OC(C)(C)C(C)(C)O2)OC1(C)C.CC1(C)O[B]OC1(C)C.CC1C(C)C(C)C(C)C1C.CCCCCCCC.CCCCCCCC.CCCCCCCCB1OC(C)(C)C(C)(C)O1.CCCCCCCCB1OC(C)(C)C(C)(C)O1.[2HH].[2HH].[CH3-].[H+].[HH].[Rh]. The topological polar surface area (TPSA) is 92.3 Å². The molecule has 0 aromatic heterocycles. The molecule has 10 nitrogen and oxygen atoms in total. The summed E-state index contributed by atoms with van der Waals surface area (Å²) in [5.74, 6) is 4.68. The van der Waals surface area contributed by atoms with Gasteiger partial charge in [-0.1, -0.05) is 257 Å². The molecule has 0 N–H and O–H groups in total. The summed E-state index contributed by atoms with van der Waals surface area (Å²) in [6.45, 7) is 79.2. The van der Waals surface area contributed by atoms with Crippen LogP contribution in [0.15, 0.2) is 37.8 Å². The maximum atomic E-state index is 5.97. The summed E-state index contributed by atoms with van der Waals surface area (Å²) in [5.41, 5.74) is 2.02. The van der Waals surface area contributed by atoms with Crippen LogP contribution in [-0.2, 0) is 66.0 Å². The largest absolute Gasteiger partial charge is 1.00 e. The van der Waals surface area contributed by atoms with Gasteiger partial charge in [0.15, 0.2) is 0 Å². The Morgan fingerprint density at radius 2 is 0.453 bits per heavy atom. The van der Waals surface area contributed by atoms with Crippen molar-refractivity contribution in [2.75, 3.05) is 0 Å². The molecule has 568 valence electrons. The van der Waals surface area contributed by atoms with Gasteiger partial charge in [-0.15, -0.1) is 11.5 Å². The van der Waals surface area contributed by atoms with E-state index in [9.17, 15) is 0 Å². The maximum Gasteiger partial charge on any atom is 1.00 e. The minimum atomic E-state index is -0.476. The molecule has 0 spiro atoms. The van der Waals surface area contributed by atoms with E-state index in [-0.39, 0.29) is 103 Å². The molecular formula is C79H168B5O10Rh.